The molecule has 0 fully saturated rings. The predicted octanol–water partition coefficient (Wildman–Crippen LogP) is 6.34. The van der Waals surface area contributed by atoms with Gasteiger partial charge < -0.3 is 0 Å². The Hall–Kier alpha value is -2.06. The summed E-state index contributed by atoms with van der Waals surface area (Å²) in [6, 6.07) is 20.6. The van der Waals surface area contributed by atoms with Crippen LogP contribution in [0.15, 0.2) is 70.5 Å². The van der Waals surface area contributed by atoms with E-state index < -0.39 is 0 Å². The number of hydrogen-bond donors (Lipinski definition) is 0. The van der Waals surface area contributed by atoms with Crippen LogP contribution in [0, 0.1) is 12.7 Å². The van der Waals surface area contributed by atoms with Crippen molar-refractivity contribution in [3.05, 3.63) is 94.3 Å². The molecule has 0 spiro atoms. The summed E-state index contributed by atoms with van der Waals surface area (Å²) in [6.07, 6.45) is 0.973. The number of hydrogen-bond acceptors (Lipinski definition) is 1. The van der Waals surface area contributed by atoms with Gasteiger partial charge in [-0.2, -0.15) is 0 Å². The van der Waals surface area contributed by atoms with E-state index in [1.54, 1.807) is 12.1 Å². The maximum absolute atomic E-state index is 13.7. The molecule has 1 atom stereocenters. The van der Waals surface area contributed by atoms with Gasteiger partial charge >= 0.3 is 0 Å². The highest BCUT2D eigenvalue weighted by Gasteiger charge is 2.18. The molecule has 120 valence electrons. The van der Waals surface area contributed by atoms with Crippen molar-refractivity contribution in [3.63, 3.8) is 0 Å². The monoisotopic (exact) mass is 334 g/mol. The van der Waals surface area contributed by atoms with E-state index in [4.69, 9.17) is 0 Å². The van der Waals surface area contributed by atoms with Crippen molar-refractivity contribution < 1.29 is 4.39 Å². The van der Waals surface area contributed by atoms with Gasteiger partial charge in [0.15, 0.2) is 0 Å². The van der Waals surface area contributed by atoms with Crippen LogP contribution in [-0.4, -0.2) is 0 Å². The Balaban J connectivity index is 1.69. The number of rotatable bonds is 2. The van der Waals surface area contributed by atoms with Crippen LogP contribution in [0.2, 0.25) is 0 Å². The standard InChI is InChI=1S/C22H19FS/c1-14-9-18(13-20(23)10-14)15(2)16-7-8-22-19(11-16)12-17-5-3-4-6-21(17)24-22/h3-11,13,15H,12H2,1-2H3. The zero-order valence-electron chi connectivity index (χ0n) is 13.8. The van der Waals surface area contributed by atoms with Crippen LogP contribution in [0.4, 0.5) is 4.39 Å². The average Bonchev–Trinajstić information content (AvgIpc) is 2.58. The maximum atomic E-state index is 13.7. The van der Waals surface area contributed by atoms with Gasteiger partial charge in [-0.05, 0) is 65.4 Å². The van der Waals surface area contributed by atoms with E-state index in [-0.39, 0.29) is 11.7 Å². The molecule has 4 rings (SSSR count). The van der Waals surface area contributed by atoms with Crippen molar-refractivity contribution in [1.29, 1.82) is 0 Å². The lowest BCUT2D eigenvalue weighted by atomic mass is 9.90. The van der Waals surface area contributed by atoms with E-state index in [2.05, 4.69) is 55.5 Å². The molecule has 3 aromatic rings. The van der Waals surface area contributed by atoms with Gasteiger partial charge in [0.25, 0.3) is 0 Å². The van der Waals surface area contributed by atoms with E-state index in [1.807, 2.05) is 18.7 Å². The largest absolute Gasteiger partial charge is 0.207 e. The molecule has 1 aliphatic heterocycles. The Morgan fingerprint density at radius 2 is 1.67 bits per heavy atom. The van der Waals surface area contributed by atoms with Gasteiger partial charge in [0.1, 0.15) is 5.82 Å². The van der Waals surface area contributed by atoms with E-state index >= 15 is 0 Å². The van der Waals surface area contributed by atoms with Gasteiger partial charge in [-0.25, -0.2) is 4.39 Å². The minimum atomic E-state index is -0.153. The molecule has 0 N–H and O–H groups in total. The molecule has 2 heteroatoms. The summed E-state index contributed by atoms with van der Waals surface area (Å²) in [5, 5.41) is 0. The van der Waals surface area contributed by atoms with E-state index in [1.165, 1.54) is 26.5 Å². The van der Waals surface area contributed by atoms with Crippen molar-refractivity contribution in [2.45, 2.75) is 36.0 Å². The van der Waals surface area contributed by atoms with Crippen LogP contribution >= 0.6 is 11.8 Å². The maximum Gasteiger partial charge on any atom is 0.123 e. The fraction of sp³-hybridized carbons (Fsp3) is 0.182. The molecule has 0 aromatic heterocycles. The third-order valence-corrected chi connectivity index (χ3v) is 5.96. The van der Waals surface area contributed by atoms with Crippen LogP contribution in [-0.2, 0) is 6.42 Å². The first-order valence-corrected chi connectivity index (χ1v) is 9.07. The van der Waals surface area contributed by atoms with Gasteiger partial charge in [-0.15, -0.1) is 0 Å². The van der Waals surface area contributed by atoms with Crippen LogP contribution < -0.4 is 0 Å². The molecule has 0 amide bonds. The summed E-state index contributed by atoms with van der Waals surface area (Å²) in [4.78, 5) is 2.69. The summed E-state index contributed by atoms with van der Waals surface area (Å²) in [6.45, 7) is 4.10. The highest BCUT2D eigenvalue weighted by molar-refractivity contribution is 7.99. The first-order chi connectivity index (χ1) is 11.6. The van der Waals surface area contributed by atoms with Gasteiger partial charge in [0.05, 0.1) is 0 Å². The van der Waals surface area contributed by atoms with Crippen LogP contribution in [0.1, 0.15) is 40.7 Å². The van der Waals surface area contributed by atoms with E-state index in [0.717, 1.165) is 17.5 Å². The van der Waals surface area contributed by atoms with Gasteiger partial charge in [-0.3, -0.25) is 0 Å². The number of fused-ring (bicyclic) bond motifs is 2. The molecule has 0 bridgehead atoms. The molecule has 0 aliphatic carbocycles. The van der Waals surface area contributed by atoms with Gasteiger partial charge in [0, 0.05) is 15.7 Å². The quantitative estimate of drug-likeness (QED) is 0.412. The number of benzene rings is 3. The van der Waals surface area contributed by atoms with Gasteiger partial charge in [-0.1, -0.05) is 55.1 Å². The SMILES string of the molecule is Cc1cc(F)cc(C(C)c2ccc3c(c2)Cc2ccccc2S3)c1. The van der Waals surface area contributed by atoms with Crippen LogP contribution in [0.5, 0.6) is 0 Å². The first kappa shape index (κ1) is 15.5. The van der Waals surface area contributed by atoms with Crippen molar-refractivity contribution in [3.8, 4) is 0 Å². The third-order valence-electron chi connectivity index (χ3n) is 4.72. The van der Waals surface area contributed by atoms with Crippen molar-refractivity contribution in [2.75, 3.05) is 0 Å². The summed E-state index contributed by atoms with van der Waals surface area (Å²) in [5.41, 5.74) is 6.02. The van der Waals surface area contributed by atoms with Crippen molar-refractivity contribution in [1.82, 2.24) is 0 Å². The second-order valence-electron chi connectivity index (χ2n) is 6.54. The Kier molecular flexibility index (Phi) is 3.93. The Bertz CT molecular complexity index is 893. The highest BCUT2D eigenvalue weighted by atomic mass is 32.2. The lowest BCUT2D eigenvalue weighted by Crippen LogP contribution is -2.03. The van der Waals surface area contributed by atoms with E-state index in [9.17, 15) is 4.39 Å². The first-order valence-electron chi connectivity index (χ1n) is 8.26. The molecular weight excluding hydrogens is 315 g/mol. The lowest BCUT2D eigenvalue weighted by Gasteiger charge is -2.21. The highest BCUT2D eigenvalue weighted by Crippen LogP contribution is 2.40. The normalized spacial score (nSPS) is 14.0. The second kappa shape index (κ2) is 6.10. The Morgan fingerprint density at radius 1 is 0.875 bits per heavy atom. The topological polar surface area (TPSA) is 0 Å². The Labute approximate surface area is 146 Å². The molecule has 0 saturated carbocycles. The molecule has 0 radical (unpaired) electrons. The lowest BCUT2D eigenvalue weighted by molar-refractivity contribution is 0.623. The second-order valence-corrected chi connectivity index (χ2v) is 7.62. The summed E-state index contributed by atoms with van der Waals surface area (Å²) < 4.78 is 13.7. The minimum absolute atomic E-state index is 0.153. The average molecular weight is 334 g/mol. The predicted molar refractivity (Wildman–Crippen MR) is 98.5 cm³/mol. The molecule has 24 heavy (non-hydrogen) atoms. The Morgan fingerprint density at radius 3 is 2.50 bits per heavy atom. The van der Waals surface area contributed by atoms with Crippen molar-refractivity contribution >= 4 is 11.8 Å². The zero-order valence-corrected chi connectivity index (χ0v) is 14.7. The summed E-state index contributed by atoms with van der Waals surface area (Å²) in [7, 11) is 0. The van der Waals surface area contributed by atoms with Gasteiger partial charge in [0.2, 0.25) is 0 Å². The number of halogens is 1. The molecule has 1 heterocycles. The van der Waals surface area contributed by atoms with Crippen molar-refractivity contribution in [2.24, 2.45) is 0 Å². The van der Waals surface area contributed by atoms with Crippen LogP contribution in [0.3, 0.4) is 0 Å². The zero-order chi connectivity index (χ0) is 16.7. The summed E-state index contributed by atoms with van der Waals surface area (Å²) in [5.74, 6) is 0.0335. The molecule has 1 aliphatic rings. The smallest absolute Gasteiger partial charge is 0.123 e. The molecule has 3 aromatic carbocycles. The molecule has 0 nitrogen and oxygen atoms in total. The fourth-order valence-corrected chi connectivity index (χ4v) is 4.44. The minimum Gasteiger partial charge on any atom is -0.207 e. The fourth-order valence-electron chi connectivity index (χ4n) is 3.39. The molecular formula is C22H19FS. The van der Waals surface area contributed by atoms with Crippen LogP contribution in [0.25, 0.3) is 0 Å². The summed E-state index contributed by atoms with van der Waals surface area (Å²) >= 11 is 1.84. The third kappa shape index (κ3) is 2.87. The van der Waals surface area contributed by atoms with E-state index in [0.29, 0.717) is 0 Å². The number of aryl methyl sites for hydroxylation is 1. The molecule has 1 unspecified atom stereocenters. The molecule has 0 saturated heterocycles.